The van der Waals surface area contributed by atoms with E-state index in [9.17, 15) is 13.2 Å². The molecule has 0 bridgehead atoms. The zero-order valence-corrected chi connectivity index (χ0v) is 12.5. The van der Waals surface area contributed by atoms with Crippen molar-refractivity contribution in [2.75, 3.05) is 12.8 Å². The molecule has 1 aliphatic rings. The zero-order chi connectivity index (χ0) is 14.8. The molecule has 0 saturated carbocycles. The van der Waals surface area contributed by atoms with E-state index in [-0.39, 0.29) is 18.0 Å². The summed E-state index contributed by atoms with van der Waals surface area (Å²) in [6.07, 6.45) is 2.59. The lowest BCUT2D eigenvalue weighted by Gasteiger charge is -2.27. The molecule has 0 aliphatic carbocycles. The molecule has 1 saturated heterocycles. The van der Waals surface area contributed by atoms with Gasteiger partial charge in [-0.2, -0.15) is 0 Å². The molecule has 2 unspecified atom stereocenters. The summed E-state index contributed by atoms with van der Waals surface area (Å²) in [4.78, 5) is 11.4. The first-order valence-electron chi connectivity index (χ1n) is 6.69. The predicted octanol–water partition coefficient (Wildman–Crippen LogP) is 1.02. The van der Waals surface area contributed by atoms with Gasteiger partial charge in [-0.05, 0) is 31.0 Å². The molecule has 1 amide bonds. The Morgan fingerprint density at radius 1 is 1.30 bits per heavy atom. The first-order chi connectivity index (χ1) is 9.36. The van der Waals surface area contributed by atoms with Crippen LogP contribution >= 0.6 is 0 Å². The first kappa shape index (κ1) is 15.0. The standard InChI is InChI=1S/C14H20N2O3S/c1-10(16-12-5-8-14(17)15-9-12)11-3-6-13(7-4-11)20(2,18)19/h3-4,6-7,10,12,16H,5,8-9H2,1-2H3,(H,15,17). The Bertz CT molecular complexity index is 571. The van der Waals surface area contributed by atoms with E-state index < -0.39 is 9.84 Å². The highest BCUT2D eigenvalue weighted by Gasteiger charge is 2.20. The van der Waals surface area contributed by atoms with Gasteiger partial charge >= 0.3 is 0 Å². The number of sulfone groups is 1. The van der Waals surface area contributed by atoms with Crippen molar-refractivity contribution >= 4 is 15.7 Å². The van der Waals surface area contributed by atoms with Crippen LogP contribution in [0.3, 0.4) is 0 Å². The van der Waals surface area contributed by atoms with Crippen LogP contribution in [-0.2, 0) is 14.6 Å². The summed E-state index contributed by atoms with van der Waals surface area (Å²) in [5, 5.41) is 6.29. The summed E-state index contributed by atoms with van der Waals surface area (Å²) in [5.41, 5.74) is 1.04. The third kappa shape index (κ3) is 3.80. The van der Waals surface area contributed by atoms with Gasteiger partial charge in [0.15, 0.2) is 9.84 Å². The van der Waals surface area contributed by atoms with Crippen LogP contribution in [0.5, 0.6) is 0 Å². The second-order valence-electron chi connectivity index (χ2n) is 5.27. The highest BCUT2D eigenvalue weighted by molar-refractivity contribution is 7.90. The van der Waals surface area contributed by atoms with Crippen molar-refractivity contribution in [1.82, 2.24) is 10.6 Å². The van der Waals surface area contributed by atoms with Crippen molar-refractivity contribution in [3.8, 4) is 0 Å². The molecule has 2 N–H and O–H groups in total. The number of benzene rings is 1. The molecule has 0 aromatic heterocycles. The van der Waals surface area contributed by atoms with Crippen LogP contribution in [-0.4, -0.2) is 33.2 Å². The number of rotatable bonds is 4. The van der Waals surface area contributed by atoms with E-state index in [1.165, 1.54) is 6.26 Å². The zero-order valence-electron chi connectivity index (χ0n) is 11.7. The summed E-state index contributed by atoms with van der Waals surface area (Å²) in [7, 11) is -3.15. The number of hydrogen-bond donors (Lipinski definition) is 2. The summed E-state index contributed by atoms with van der Waals surface area (Å²) < 4.78 is 22.8. The molecule has 110 valence electrons. The van der Waals surface area contributed by atoms with Crippen LogP contribution in [0.2, 0.25) is 0 Å². The van der Waals surface area contributed by atoms with E-state index >= 15 is 0 Å². The molecule has 0 spiro atoms. The second kappa shape index (κ2) is 5.93. The number of hydrogen-bond acceptors (Lipinski definition) is 4. The Morgan fingerprint density at radius 2 is 1.95 bits per heavy atom. The van der Waals surface area contributed by atoms with Gasteiger partial charge in [-0.25, -0.2) is 8.42 Å². The van der Waals surface area contributed by atoms with Gasteiger partial charge in [0.05, 0.1) is 4.90 Å². The maximum absolute atomic E-state index is 11.4. The van der Waals surface area contributed by atoms with Crippen molar-refractivity contribution in [3.05, 3.63) is 29.8 Å². The van der Waals surface area contributed by atoms with Gasteiger partial charge in [0.25, 0.3) is 0 Å². The van der Waals surface area contributed by atoms with Crippen molar-refractivity contribution in [2.45, 2.75) is 36.7 Å². The lowest BCUT2D eigenvalue weighted by atomic mass is 10.0. The second-order valence-corrected chi connectivity index (χ2v) is 7.28. The fourth-order valence-electron chi connectivity index (χ4n) is 2.33. The van der Waals surface area contributed by atoms with E-state index in [4.69, 9.17) is 0 Å². The SMILES string of the molecule is CC(NC1CCC(=O)NC1)c1ccc(S(C)(=O)=O)cc1. The number of piperidine rings is 1. The normalized spacial score (nSPS) is 21.3. The molecule has 1 fully saturated rings. The van der Waals surface area contributed by atoms with Crippen molar-refractivity contribution in [2.24, 2.45) is 0 Å². The van der Waals surface area contributed by atoms with Crippen LogP contribution in [0.15, 0.2) is 29.2 Å². The molecule has 20 heavy (non-hydrogen) atoms. The molecule has 1 aromatic carbocycles. The van der Waals surface area contributed by atoms with Gasteiger partial charge in [0, 0.05) is 31.3 Å². The molecular weight excluding hydrogens is 276 g/mol. The lowest BCUT2D eigenvalue weighted by Crippen LogP contribution is -2.46. The van der Waals surface area contributed by atoms with Crippen molar-refractivity contribution < 1.29 is 13.2 Å². The summed E-state index contributed by atoms with van der Waals surface area (Å²) in [6, 6.07) is 7.29. The van der Waals surface area contributed by atoms with Gasteiger partial charge in [-0.1, -0.05) is 12.1 Å². The van der Waals surface area contributed by atoms with Crippen LogP contribution in [0.1, 0.15) is 31.4 Å². The average Bonchev–Trinajstić information content (AvgIpc) is 2.40. The van der Waals surface area contributed by atoms with E-state index in [2.05, 4.69) is 10.6 Å². The summed E-state index contributed by atoms with van der Waals surface area (Å²) >= 11 is 0. The van der Waals surface area contributed by atoms with E-state index in [1.54, 1.807) is 12.1 Å². The fraction of sp³-hybridized carbons (Fsp3) is 0.500. The third-order valence-electron chi connectivity index (χ3n) is 3.56. The Hall–Kier alpha value is -1.40. The van der Waals surface area contributed by atoms with Crippen molar-refractivity contribution in [3.63, 3.8) is 0 Å². The van der Waals surface area contributed by atoms with Crippen LogP contribution in [0.4, 0.5) is 0 Å². The molecular formula is C14H20N2O3S. The predicted molar refractivity (Wildman–Crippen MR) is 77.1 cm³/mol. The monoisotopic (exact) mass is 296 g/mol. The minimum atomic E-state index is -3.15. The first-order valence-corrected chi connectivity index (χ1v) is 8.58. The summed E-state index contributed by atoms with van der Waals surface area (Å²) in [6.45, 7) is 2.68. The van der Waals surface area contributed by atoms with E-state index in [1.807, 2.05) is 19.1 Å². The molecule has 5 nitrogen and oxygen atoms in total. The largest absolute Gasteiger partial charge is 0.355 e. The lowest BCUT2D eigenvalue weighted by molar-refractivity contribution is -0.122. The van der Waals surface area contributed by atoms with E-state index in [0.717, 1.165) is 12.0 Å². The topological polar surface area (TPSA) is 75.3 Å². The van der Waals surface area contributed by atoms with Gasteiger partial charge in [0.1, 0.15) is 0 Å². The maximum Gasteiger partial charge on any atom is 0.220 e. The Kier molecular flexibility index (Phi) is 4.45. The summed E-state index contributed by atoms with van der Waals surface area (Å²) in [5.74, 6) is 0.105. The number of amides is 1. The van der Waals surface area contributed by atoms with Gasteiger partial charge in [-0.3, -0.25) is 4.79 Å². The van der Waals surface area contributed by atoms with Crippen LogP contribution in [0.25, 0.3) is 0 Å². The average molecular weight is 296 g/mol. The molecule has 6 heteroatoms. The number of carbonyl (C=O) groups is 1. The van der Waals surface area contributed by atoms with Gasteiger partial charge in [-0.15, -0.1) is 0 Å². The molecule has 1 aromatic rings. The Labute approximate surface area is 119 Å². The van der Waals surface area contributed by atoms with Crippen LogP contribution < -0.4 is 10.6 Å². The van der Waals surface area contributed by atoms with Crippen LogP contribution in [0, 0.1) is 0 Å². The van der Waals surface area contributed by atoms with Crippen molar-refractivity contribution in [1.29, 1.82) is 0 Å². The molecule has 1 aliphatic heterocycles. The van der Waals surface area contributed by atoms with E-state index in [0.29, 0.717) is 17.9 Å². The molecule has 2 rings (SSSR count). The fourth-order valence-corrected chi connectivity index (χ4v) is 2.96. The quantitative estimate of drug-likeness (QED) is 0.870. The molecule has 1 heterocycles. The maximum atomic E-state index is 11.4. The highest BCUT2D eigenvalue weighted by atomic mass is 32.2. The smallest absolute Gasteiger partial charge is 0.220 e. The minimum Gasteiger partial charge on any atom is -0.355 e. The molecule has 0 radical (unpaired) electrons. The number of carbonyl (C=O) groups excluding carboxylic acids is 1. The Morgan fingerprint density at radius 3 is 2.45 bits per heavy atom. The van der Waals surface area contributed by atoms with Gasteiger partial charge < -0.3 is 10.6 Å². The van der Waals surface area contributed by atoms with Gasteiger partial charge in [0.2, 0.25) is 5.91 Å². The minimum absolute atomic E-state index is 0.105. The highest BCUT2D eigenvalue weighted by Crippen LogP contribution is 2.18. The Balaban J connectivity index is 1.99. The molecule has 2 atom stereocenters. The number of nitrogens with one attached hydrogen (secondary N) is 2. The third-order valence-corrected chi connectivity index (χ3v) is 4.69.